The molecule has 0 unspecified atom stereocenters. The number of thiophene rings is 1. The van der Waals surface area contributed by atoms with Gasteiger partial charge in [0.1, 0.15) is 4.21 Å². The molecule has 0 aliphatic rings. The molecular formula is C12H17N3O2S3. The van der Waals surface area contributed by atoms with Gasteiger partial charge in [-0.25, -0.2) is 18.1 Å². The zero-order valence-corrected chi connectivity index (χ0v) is 13.8. The third-order valence-electron chi connectivity index (χ3n) is 2.75. The molecule has 2 heterocycles. The zero-order valence-electron chi connectivity index (χ0n) is 11.3. The minimum atomic E-state index is -3.45. The third-order valence-corrected chi connectivity index (χ3v) is 6.97. The Bertz CT molecular complexity index is 689. The maximum Gasteiger partial charge on any atom is 0.250 e. The molecule has 0 fully saturated rings. The smallest absolute Gasteiger partial charge is 0.250 e. The van der Waals surface area contributed by atoms with Crippen molar-refractivity contribution in [3.05, 3.63) is 32.6 Å². The minimum Gasteiger partial charge on any atom is -0.326 e. The number of rotatable bonds is 6. The second-order valence-electron chi connectivity index (χ2n) is 4.41. The number of aromatic nitrogens is 1. The van der Waals surface area contributed by atoms with Gasteiger partial charge in [0.05, 0.1) is 5.01 Å². The van der Waals surface area contributed by atoms with Crippen molar-refractivity contribution in [3.8, 4) is 0 Å². The van der Waals surface area contributed by atoms with Crippen LogP contribution in [0, 0.1) is 13.8 Å². The van der Waals surface area contributed by atoms with Crippen LogP contribution >= 0.6 is 22.7 Å². The molecule has 2 aromatic heterocycles. The van der Waals surface area contributed by atoms with Gasteiger partial charge in [0.15, 0.2) is 0 Å². The Morgan fingerprint density at radius 3 is 2.70 bits per heavy atom. The SMILES string of the molecule is Cc1csc(CCNS(=O)(=O)c2cc(C)c(CN)s2)n1. The highest BCUT2D eigenvalue weighted by atomic mass is 32.2. The standard InChI is InChI=1S/C12H17N3O2S3/c1-8-5-12(19-10(8)6-13)20(16,17)14-4-3-11-15-9(2)7-18-11/h5,7,14H,3-4,6,13H2,1-2H3. The topological polar surface area (TPSA) is 85.1 Å². The van der Waals surface area contributed by atoms with E-state index in [1.807, 2.05) is 19.2 Å². The average molecular weight is 331 g/mol. The van der Waals surface area contributed by atoms with Gasteiger partial charge in [0.25, 0.3) is 0 Å². The monoisotopic (exact) mass is 331 g/mol. The largest absolute Gasteiger partial charge is 0.326 e. The van der Waals surface area contributed by atoms with Gasteiger partial charge in [-0.2, -0.15) is 0 Å². The molecule has 3 N–H and O–H groups in total. The lowest BCUT2D eigenvalue weighted by Crippen LogP contribution is -2.25. The Labute approximate surface area is 126 Å². The third kappa shape index (κ3) is 3.64. The van der Waals surface area contributed by atoms with E-state index >= 15 is 0 Å². The number of thiazole rings is 1. The Kier molecular flexibility index (Phi) is 4.92. The predicted octanol–water partition coefficient (Wildman–Crippen LogP) is 1.80. The molecule has 0 spiro atoms. The minimum absolute atomic E-state index is 0.325. The van der Waals surface area contributed by atoms with Crippen molar-refractivity contribution in [1.82, 2.24) is 9.71 Å². The number of hydrogen-bond donors (Lipinski definition) is 2. The molecule has 0 amide bonds. The second-order valence-corrected chi connectivity index (χ2v) is 8.48. The lowest BCUT2D eigenvalue weighted by molar-refractivity contribution is 0.583. The number of aryl methyl sites for hydroxylation is 2. The van der Waals surface area contributed by atoms with E-state index in [1.54, 1.807) is 17.4 Å². The van der Waals surface area contributed by atoms with Crippen molar-refractivity contribution in [3.63, 3.8) is 0 Å². The lowest BCUT2D eigenvalue weighted by atomic mass is 10.3. The first-order valence-electron chi connectivity index (χ1n) is 6.12. The Balaban J connectivity index is 2.00. The molecule has 2 aromatic rings. The van der Waals surface area contributed by atoms with Crippen molar-refractivity contribution in [2.75, 3.05) is 6.54 Å². The van der Waals surface area contributed by atoms with E-state index in [1.165, 1.54) is 11.3 Å². The Hall–Kier alpha value is -0.800. The van der Waals surface area contributed by atoms with Crippen LogP contribution in [0.25, 0.3) is 0 Å². The zero-order chi connectivity index (χ0) is 14.8. The molecular weight excluding hydrogens is 314 g/mol. The average Bonchev–Trinajstić information content (AvgIpc) is 2.95. The molecule has 0 aromatic carbocycles. The van der Waals surface area contributed by atoms with Crippen LogP contribution in [0.15, 0.2) is 15.7 Å². The number of nitrogens with zero attached hydrogens (tertiary/aromatic N) is 1. The van der Waals surface area contributed by atoms with Crippen LogP contribution in [-0.2, 0) is 23.0 Å². The summed E-state index contributed by atoms with van der Waals surface area (Å²) >= 11 is 2.77. The molecule has 0 radical (unpaired) electrons. The molecule has 20 heavy (non-hydrogen) atoms. The fraction of sp³-hybridized carbons (Fsp3) is 0.417. The fourth-order valence-corrected chi connectivity index (χ4v) is 5.02. The molecule has 0 saturated heterocycles. The normalized spacial score (nSPS) is 11.9. The van der Waals surface area contributed by atoms with E-state index < -0.39 is 10.0 Å². The highest BCUT2D eigenvalue weighted by Gasteiger charge is 2.18. The van der Waals surface area contributed by atoms with Crippen LogP contribution in [0.2, 0.25) is 0 Å². The van der Waals surface area contributed by atoms with Crippen LogP contribution in [-0.4, -0.2) is 19.9 Å². The summed E-state index contributed by atoms with van der Waals surface area (Å²) in [5, 5.41) is 2.90. The quantitative estimate of drug-likeness (QED) is 0.845. The van der Waals surface area contributed by atoms with Crippen LogP contribution in [0.5, 0.6) is 0 Å². The summed E-state index contributed by atoms with van der Waals surface area (Å²) < 4.78 is 27.2. The molecule has 0 aliphatic carbocycles. The van der Waals surface area contributed by atoms with Crippen LogP contribution in [0.3, 0.4) is 0 Å². The Morgan fingerprint density at radius 2 is 2.15 bits per heavy atom. The summed E-state index contributed by atoms with van der Waals surface area (Å²) in [4.78, 5) is 5.21. The maximum atomic E-state index is 12.2. The van der Waals surface area contributed by atoms with Gasteiger partial charge in [-0.15, -0.1) is 22.7 Å². The van der Waals surface area contributed by atoms with E-state index in [-0.39, 0.29) is 0 Å². The maximum absolute atomic E-state index is 12.2. The highest BCUT2D eigenvalue weighted by Crippen LogP contribution is 2.25. The first kappa shape index (κ1) is 15.6. The van der Waals surface area contributed by atoms with Crippen molar-refractivity contribution in [2.45, 2.75) is 31.0 Å². The molecule has 5 nitrogen and oxygen atoms in total. The number of nitrogens with two attached hydrogens (primary N) is 1. The van der Waals surface area contributed by atoms with Gasteiger partial charge in [-0.3, -0.25) is 0 Å². The summed E-state index contributed by atoms with van der Waals surface area (Å²) in [6, 6.07) is 1.67. The highest BCUT2D eigenvalue weighted by molar-refractivity contribution is 7.91. The van der Waals surface area contributed by atoms with Gasteiger partial charge >= 0.3 is 0 Å². The molecule has 0 atom stereocenters. The summed E-state index contributed by atoms with van der Waals surface area (Å²) in [5.41, 5.74) is 7.47. The van der Waals surface area contributed by atoms with E-state index in [4.69, 9.17) is 5.73 Å². The molecule has 0 saturated carbocycles. The van der Waals surface area contributed by atoms with Gasteiger partial charge < -0.3 is 5.73 Å². The molecule has 2 rings (SSSR count). The molecule has 0 aliphatic heterocycles. The van der Waals surface area contributed by atoms with Crippen molar-refractivity contribution >= 4 is 32.7 Å². The van der Waals surface area contributed by atoms with Crippen LogP contribution < -0.4 is 10.5 Å². The van der Waals surface area contributed by atoms with Gasteiger partial charge in [-0.05, 0) is 25.5 Å². The van der Waals surface area contributed by atoms with Crippen molar-refractivity contribution in [1.29, 1.82) is 0 Å². The van der Waals surface area contributed by atoms with E-state index in [0.29, 0.717) is 23.7 Å². The molecule has 110 valence electrons. The summed E-state index contributed by atoms with van der Waals surface area (Å²) in [7, 11) is -3.45. The predicted molar refractivity (Wildman–Crippen MR) is 82.7 cm³/mol. The van der Waals surface area contributed by atoms with Gasteiger partial charge in [-0.1, -0.05) is 0 Å². The van der Waals surface area contributed by atoms with Gasteiger partial charge in [0, 0.05) is 35.5 Å². The second kappa shape index (κ2) is 6.31. The fourth-order valence-electron chi connectivity index (χ4n) is 1.70. The van der Waals surface area contributed by atoms with E-state index in [9.17, 15) is 8.42 Å². The first-order valence-corrected chi connectivity index (χ1v) is 9.30. The van der Waals surface area contributed by atoms with Gasteiger partial charge in [0.2, 0.25) is 10.0 Å². The molecule has 0 bridgehead atoms. The number of hydrogen-bond acceptors (Lipinski definition) is 6. The van der Waals surface area contributed by atoms with E-state index in [0.717, 1.165) is 21.1 Å². The summed E-state index contributed by atoms with van der Waals surface area (Å²) in [6.45, 7) is 4.51. The van der Waals surface area contributed by atoms with Crippen molar-refractivity contribution in [2.24, 2.45) is 5.73 Å². The number of nitrogens with one attached hydrogen (secondary N) is 1. The van der Waals surface area contributed by atoms with E-state index in [2.05, 4.69) is 9.71 Å². The van der Waals surface area contributed by atoms with Crippen LogP contribution in [0.1, 0.15) is 21.1 Å². The lowest BCUT2D eigenvalue weighted by Gasteiger charge is -2.03. The number of sulfonamides is 1. The Morgan fingerprint density at radius 1 is 1.40 bits per heavy atom. The van der Waals surface area contributed by atoms with Crippen LogP contribution in [0.4, 0.5) is 0 Å². The summed E-state index contributed by atoms with van der Waals surface area (Å²) in [5.74, 6) is 0. The summed E-state index contributed by atoms with van der Waals surface area (Å²) in [6.07, 6.45) is 0.603. The molecule has 8 heteroatoms. The van der Waals surface area contributed by atoms with Crippen molar-refractivity contribution < 1.29 is 8.42 Å². The first-order chi connectivity index (χ1) is 9.42.